The Labute approximate surface area is 71.2 Å². The lowest BCUT2D eigenvalue weighted by molar-refractivity contribution is 0.933. The lowest BCUT2D eigenvalue weighted by Crippen LogP contribution is -2.22. The molecule has 0 aliphatic heterocycles. The van der Waals surface area contributed by atoms with Crippen molar-refractivity contribution in [3.63, 3.8) is 0 Å². The van der Waals surface area contributed by atoms with Crippen LogP contribution in [0.25, 0.3) is 11.2 Å². The van der Waals surface area contributed by atoms with E-state index in [-0.39, 0.29) is 11.5 Å². The van der Waals surface area contributed by atoms with Crippen LogP contribution in [0, 0.1) is 0 Å². The molecule has 0 aromatic carbocycles. The first-order valence-electron chi connectivity index (χ1n) is 3.54. The molecular formula is C6H7N5O2. The largest absolute Gasteiger partial charge is 0.369 e. The number of rotatable bonds is 0. The minimum Gasteiger partial charge on any atom is -0.369 e. The summed E-state index contributed by atoms with van der Waals surface area (Å²) in [5, 5.41) is 0. The Morgan fingerprint density at radius 3 is 2.77 bits per heavy atom. The van der Waals surface area contributed by atoms with Gasteiger partial charge in [-0.15, -0.1) is 0 Å². The van der Waals surface area contributed by atoms with E-state index in [0.717, 1.165) is 0 Å². The molecule has 4 N–H and O–H groups in total. The predicted molar refractivity (Wildman–Crippen MR) is 46.4 cm³/mol. The van der Waals surface area contributed by atoms with Crippen molar-refractivity contribution < 1.29 is 0 Å². The summed E-state index contributed by atoms with van der Waals surface area (Å²) in [6, 6.07) is 0. The molecule has 0 amide bonds. The van der Waals surface area contributed by atoms with Crippen molar-refractivity contribution in [3.05, 3.63) is 20.8 Å². The lowest BCUT2D eigenvalue weighted by atomic mass is 10.5. The van der Waals surface area contributed by atoms with Crippen LogP contribution in [0.4, 0.5) is 5.95 Å². The van der Waals surface area contributed by atoms with Crippen molar-refractivity contribution in [2.45, 2.75) is 0 Å². The van der Waals surface area contributed by atoms with Gasteiger partial charge in [0, 0.05) is 7.05 Å². The fourth-order valence-corrected chi connectivity index (χ4v) is 1.12. The molecule has 0 bridgehead atoms. The summed E-state index contributed by atoms with van der Waals surface area (Å²) >= 11 is 0. The summed E-state index contributed by atoms with van der Waals surface area (Å²) in [5.41, 5.74) is 4.81. The van der Waals surface area contributed by atoms with E-state index in [2.05, 4.69) is 15.0 Å². The van der Waals surface area contributed by atoms with Crippen LogP contribution in [0.5, 0.6) is 0 Å². The molecule has 0 saturated heterocycles. The van der Waals surface area contributed by atoms with Crippen molar-refractivity contribution >= 4 is 17.1 Å². The van der Waals surface area contributed by atoms with Gasteiger partial charge in [-0.1, -0.05) is 0 Å². The molecule has 0 saturated carbocycles. The zero-order valence-electron chi connectivity index (χ0n) is 6.79. The fourth-order valence-electron chi connectivity index (χ4n) is 1.12. The molecule has 0 radical (unpaired) electrons. The maximum Gasteiger partial charge on any atom is 0.327 e. The second kappa shape index (κ2) is 2.22. The number of anilines is 1. The van der Waals surface area contributed by atoms with Gasteiger partial charge in [0.15, 0.2) is 5.52 Å². The van der Waals surface area contributed by atoms with Gasteiger partial charge in [-0.3, -0.25) is 19.3 Å². The molecule has 2 rings (SSSR count). The molecule has 7 heteroatoms. The SMILES string of the molecule is Cn1c(N)nc2c(=O)[nH]c(=O)[nH]c21. The molecule has 68 valence electrons. The van der Waals surface area contributed by atoms with E-state index in [9.17, 15) is 9.59 Å². The minimum absolute atomic E-state index is 0.139. The first kappa shape index (κ1) is 7.59. The third-order valence-electron chi connectivity index (χ3n) is 1.80. The van der Waals surface area contributed by atoms with E-state index < -0.39 is 11.2 Å². The number of imidazole rings is 1. The third kappa shape index (κ3) is 0.934. The molecule has 0 aliphatic rings. The molecule has 0 atom stereocenters. The zero-order chi connectivity index (χ0) is 9.59. The van der Waals surface area contributed by atoms with Gasteiger partial charge in [-0.05, 0) is 0 Å². The van der Waals surface area contributed by atoms with Gasteiger partial charge >= 0.3 is 5.69 Å². The molecule has 13 heavy (non-hydrogen) atoms. The number of fused-ring (bicyclic) bond motifs is 1. The van der Waals surface area contributed by atoms with E-state index >= 15 is 0 Å². The van der Waals surface area contributed by atoms with Gasteiger partial charge in [0.2, 0.25) is 5.95 Å². The molecular weight excluding hydrogens is 174 g/mol. The molecule has 7 nitrogen and oxygen atoms in total. The van der Waals surface area contributed by atoms with Crippen molar-refractivity contribution in [2.75, 3.05) is 5.73 Å². The highest BCUT2D eigenvalue weighted by Crippen LogP contribution is 2.06. The van der Waals surface area contributed by atoms with E-state index in [1.54, 1.807) is 7.05 Å². The number of aromatic amines is 2. The van der Waals surface area contributed by atoms with Gasteiger partial charge in [0.1, 0.15) is 5.65 Å². The number of nitrogens with two attached hydrogens (primary N) is 1. The summed E-state index contributed by atoms with van der Waals surface area (Å²) < 4.78 is 1.44. The van der Waals surface area contributed by atoms with E-state index in [0.29, 0.717) is 5.65 Å². The number of nitrogens with zero attached hydrogens (tertiary/aromatic N) is 2. The molecule has 2 aromatic heterocycles. The van der Waals surface area contributed by atoms with Crippen molar-refractivity contribution in [3.8, 4) is 0 Å². The highest BCUT2D eigenvalue weighted by atomic mass is 16.2. The maximum absolute atomic E-state index is 11.2. The fraction of sp³-hybridized carbons (Fsp3) is 0.167. The Morgan fingerprint density at radius 2 is 2.08 bits per heavy atom. The van der Waals surface area contributed by atoms with Gasteiger partial charge in [-0.25, -0.2) is 9.78 Å². The quantitative estimate of drug-likeness (QED) is 0.461. The van der Waals surface area contributed by atoms with Crippen LogP contribution in [-0.2, 0) is 7.05 Å². The molecule has 0 fully saturated rings. The Kier molecular flexibility index (Phi) is 1.30. The zero-order valence-corrected chi connectivity index (χ0v) is 6.79. The lowest BCUT2D eigenvalue weighted by Gasteiger charge is -1.93. The highest BCUT2D eigenvalue weighted by Gasteiger charge is 2.08. The number of hydrogen-bond donors (Lipinski definition) is 3. The topological polar surface area (TPSA) is 110 Å². The number of aromatic nitrogens is 4. The predicted octanol–water partition coefficient (Wildman–Crippen LogP) is -1.47. The molecule has 0 aliphatic carbocycles. The van der Waals surface area contributed by atoms with E-state index in [1.165, 1.54) is 4.57 Å². The van der Waals surface area contributed by atoms with Crippen molar-refractivity contribution in [1.82, 2.24) is 19.5 Å². The van der Waals surface area contributed by atoms with Crippen LogP contribution in [0.1, 0.15) is 0 Å². The van der Waals surface area contributed by atoms with Crippen molar-refractivity contribution in [2.24, 2.45) is 7.05 Å². The Bertz CT molecular complexity index is 575. The second-order valence-corrected chi connectivity index (χ2v) is 2.63. The van der Waals surface area contributed by atoms with Crippen LogP contribution in [0.2, 0.25) is 0 Å². The first-order chi connectivity index (χ1) is 6.09. The number of nitrogens with one attached hydrogen (secondary N) is 2. The van der Waals surface area contributed by atoms with E-state index in [1.807, 2.05) is 0 Å². The van der Waals surface area contributed by atoms with Crippen LogP contribution in [0.15, 0.2) is 9.59 Å². The molecule has 2 heterocycles. The minimum atomic E-state index is -0.569. The standard InChI is InChI=1S/C6H7N5O2/c1-11-3-2(8-5(11)7)4(12)10-6(13)9-3/h1H3,(H2,7,8)(H2,9,10,12,13). The third-order valence-corrected chi connectivity index (χ3v) is 1.80. The summed E-state index contributed by atoms with van der Waals surface area (Å²) in [6.07, 6.45) is 0. The van der Waals surface area contributed by atoms with E-state index in [4.69, 9.17) is 5.73 Å². The second-order valence-electron chi connectivity index (χ2n) is 2.63. The van der Waals surface area contributed by atoms with Crippen molar-refractivity contribution in [1.29, 1.82) is 0 Å². The number of nitrogen functional groups attached to an aromatic ring is 1. The smallest absolute Gasteiger partial charge is 0.327 e. The van der Waals surface area contributed by atoms with Crippen LogP contribution in [0.3, 0.4) is 0 Å². The number of hydrogen-bond acceptors (Lipinski definition) is 4. The summed E-state index contributed by atoms with van der Waals surface area (Å²) in [4.78, 5) is 30.3. The summed E-state index contributed by atoms with van der Waals surface area (Å²) in [6.45, 7) is 0. The van der Waals surface area contributed by atoms with Crippen LogP contribution >= 0.6 is 0 Å². The van der Waals surface area contributed by atoms with Crippen LogP contribution in [-0.4, -0.2) is 19.5 Å². The molecule has 0 unspecified atom stereocenters. The van der Waals surface area contributed by atoms with Gasteiger partial charge < -0.3 is 5.73 Å². The first-order valence-corrected chi connectivity index (χ1v) is 3.54. The molecule has 0 spiro atoms. The molecule has 2 aromatic rings. The average molecular weight is 181 g/mol. The summed E-state index contributed by atoms with van der Waals surface area (Å²) in [5.74, 6) is 0.183. The highest BCUT2D eigenvalue weighted by molar-refractivity contribution is 5.72. The number of aryl methyl sites for hydroxylation is 1. The monoisotopic (exact) mass is 181 g/mol. The average Bonchev–Trinajstić information content (AvgIpc) is 2.32. The number of H-pyrrole nitrogens is 2. The maximum atomic E-state index is 11.2. The Balaban J connectivity index is 3.12. The van der Waals surface area contributed by atoms with Gasteiger partial charge in [0.05, 0.1) is 0 Å². The Hall–Kier alpha value is -2.05. The van der Waals surface area contributed by atoms with Gasteiger partial charge in [0.25, 0.3) is 5.56 Å². The summed E-state index contributed by atoms with van der Waals surface area (Å²) in [7, 11) is 1.61. The normalized spacial score (nSPS) is 10.8. The van der Waals surface area contributed by atoms with Crippen LogP contribution < -0.4 is 17.0 Å². The van der Waals surface area contributed by atoms with Gasteiger partial charge in [-0.2, -0.15) is 0 Å². The Morgan fingerprint density at radius 1 is 1.38 bits per heavy atom.